The summed E-state index contributed by atoms with van der Waals surface area (Å²) in [7, 11) is -3.31. The number of nitrogens with one attached hydrogen (secondary N) is 1. The molecule has 1 N–H and O–H groups in total. The molecule has 0 radical (unpaired) electrons. The molecule has 0 aromatic rings. The van der Waals surface area contributed by atoms with E-state index in [1.807, 2.05) is 0 Å². The average Bonchev–Trinajstić information content (AvgIpc) is 2.80. The Hall–Kier alpha value is -1.35. The van der Waals surface area contributed by atoms with Crippen LogP contribution in [0.4, 0.5) is 4.79 Å². The second-order valence-electron chi connectivity index (χ2n) is 6.17. The number of rotatable bonds is 5. The maximum absolute atomic E-state index is 12.0. The van der Waals surface area contributed by atoms with E-state index in [0.29, 0.717) is 19.4 Å². The minimum absolute atomic E-state index is 0.00370. The van der Waals surface area contributed by atoms with Crippen LogP contribution in [-0.4, -0.2) is 63.0 Å². The maximum Gasteiger partial charge on any atom is 0.411 e. The highest BCUT2D eigenvalue weighted by atomic mass is 32.2. The van der Waals surface area contributed by atoms with E-state index in [2.05, 4.69) is 4.72 Å². The summed E-state index contributed by atoms with van der Waals surface area (Å²) in [6.07, 6.45) is 1.69. The Labute approximate surface area is 131 Å². The first-order valence-electron chi connectivity index (χ1n) is 7.10. The van der Waals surface area contributed by atoms with Crippen LogP contribution in [0.15, 0.2) is 0 Å². The van der Waals surface area contributed by atoms with E-state index in [-0.39, 0.29) is 13.2 Å². The lowest BCUT2D eigenvalue weighted by Gasteiger charge is -2.27. The predicted octanol–water partition coefficient (Wildman–Crippen LogP) is 0.478. The van der Waals surface area contributed by atoms with Gasteiger partial charge in [0.2, 0.25) is 10.0 Å². The Morgan fingerprint density at radius 2 is 1.95 bits per heavy atom. The molecule has 1 saturated heterocycles. The number of esters is 1. The summed E-state index contributed by atoms with van der Waals surface area (Å²) < 4.78 is 34.3. The lowest BCUT2D eigenvalue weighted by molar-refractivity contribution is -0.148. The molecule has 1 fully saturated rings. The molecule has 0 bridgehead atoms. The molecule has 1 rings (SSSR count). The number of hydrogen-bond acceptors (Lipinski definition) is 6. The minimum Gasteiger partial charge on any atom is -0.463 e. The van der Waals surface area contributed by atoms with Crippen LogP contribution in [0.5, 0.6) is 0 Å². The first-order valence-corrected chi connectivity index (χ1v) is 8.99. The van der Waals surface area contributed by atoms with Gasteiger partial charge < -0.3 is 9.47 Å². The van der Waals surface area contributed by atoms with Crippen molar-refractivity contribution in [3.05, 3.63) is 0 Å². The van der Waals surface area contributed by atoms with Gasteiger partial charge in [0, 0.05) is 13.1 Å². The first-order chi connectivity index (χ1) is 9.99. The van der Waals surface area contributed by atoms with Crippen molar-refractivity contribution in [2.24, 2.45) is 0 Å². The topological polar surface area (TPSA) is 102 Å². The van der Waals surface area contributed by atoms with E-state index >= 15 is 0 Å². The van der Waals surface area contributed by atoms with Crippen molar-refractivity contribution in [3.8, 4) is 0 Å². The van der Waals surface area contributed by atoms with E-state index in [0.717, 1.165) is 6.26 Å². The highest BCUT2D eigenvalue weighted by Crippen LogP contribution is 2.21. The smallest absolute Gasteiger partial charge is 0.411 e. The highest BCUT2D eigenvalue weighted by molar-refractivity contribution is 7.88. The largest absolute Gasteiger partial charge is 0.463 e. The summed E-state index contributed by atoms with van der Waals surface area (Å²) in [6, 6.07) is -0.673. The number of carbonyl (C=O) groups excluding carboxylic acids is 2. The molecule has 1 heterocycles. The van der Waals surface area contributed by atoms with Crippen LogP contribution in [0.3, 0.4) is 0 Å². The standard InChI is InChI=1S/C13H24N2O6S/c1-13(2,3)21-12(17)15-8-5-6-10(15)11(16)20-9-7-14-22(4,18)19/h10,14H,5-9H2,1-4H3/t10-/m0/s1. The quantitative estimate of drug-likeness (QED) is 0.579. The number of hydrogen-bond donors (Lipinski definition) is 1. The third-order valence-corrected chi connectivity index (χ3v) is 3.59. The van der Waals surface area contributed by atoms with Gasteiger partial charge in [-0.15, -0.1) is 0 Å². The van der Waals surface area contributed by atoms with Crippen molar-refractivity contribution in [1.82, 2.24) is 9.62 Å². The molecular weight excluding hydrogens is 312 g/mol. The predicted molar refractivity (Wildman–Crippen MR) is 79.8 cm³/mol. The lowest BCUT2D eigenvalue weighted by atomic mass is 10.2. The van der Waals surface area contributed by atoms with Gasteiger partial charge in [-0.1, -0.05) is 0 Å². The molecule has 0 aromatic carbocycles. The number of nitrogens with zero attached hydrogens (tertiary/aromatic N) is 1. The summed E-state index contributed by atoms with van der Waals surface area (Å²) in [5.41, 5.74) is -0.631. The van der Waals surface area contributed by atoms with Crippen molar-refractivity contribution in [2.45, 2.75) is 45.3 Å². The van der Waals surface area contributed by atoms with Crippen LogP contribution in [0.1, 0.15) is 33.6 Å². The van der Waals surface area contributed by atoms with Crippen LogP contribution < -0.4 is 4.72 Å². The fraction of sp³-hybridized carbons (Fsp3) is 0.846. The van der Waals surface area contributed by atoms with E-state index in [1.54, 1.807) is 20.8 Å². The number of carbonyl (C=O) groups is 2. The molecule has 0 aliphatic carbocycles. The lowest BCUT2D eigenvalue weighted by Crippen LogP contribution is -2.44. The zero-order chi connectivity index (χ0) is 17.0. The molecule has 22 heavy (non-hydrogen) atoms. The van der Waals surface area contributed by atoms with E-state index < -0.39 is 33.7 Å². The van der Waals surface area contributed by atoms with Crippen molar-refractivity contribution in [1.29, 1.82) is 0 Å². The Morgan fingerprint density at radius 1 is 1.32 bits per heavy atom. The molecule has 0 unspecified atom stereocenters. The minimum atomic E-state index is -3.31. The normalized spacial score (nSPS) is 19.1. The highest BCUT2D eigenvalue weighted by Gasteiger charge is 2.37. The molecule has 0 saturated carbocycles. The van der Waals surface area contributed by atoms with Crippen LogP contribution >= 0.6 is 0 Å². The summed E-state index contributed by atoms with van der Waals surface area (Å²) >= 11 is 0. The van der Waals surface area contributed by atoms with Crippen LogP contribution in [0.25, 0.3) is 0 Å². The van der Waals surface area contributed by atoms with Gasteiger partial charge in [-0.3, -0.25) is 4.90 Å². The summed E-state index contributed by atoms with van der Waals surface area (Å²) in [6.45, 7) is 5.63. The Morgan fingerprint density at radius 3 is 2.50 bits per heavy atom. The molecule has 9 heteroatoms. The summed E-state index contributed by atoms with van der Waals surface area (Å²) in [5.74, 6) is -0.543. The monoisotopic (exact) mass is 336 g/mol. The molecule has 0 aromatic heterocycles. The van der Waals surface area contributed by atoms with Gasteiger partial charge in [0.05, 0.1) is 6.26 Å². The Kier molecular flexibility index (Phi) is 6.18. The molecule has 1 aliphatic heterocycles. The van der Waals surface area contributed by atoms with E-state index in [1.165, 1.54) is 4.90 Å². The van der Waals surface area contributed by atoms with Gasteiger partial charge >= 0.3 is 12.1 Å². The number of ether oxygens (including phenoxy) is 2. The number of sulfonamides is 1. The zero-order valence-corrected chi connectivity index (χ0v) is 14.2. The Balaban J connectivity index is 2.48. The van der Waals surface area contributed by atoms with Gasteiger partial charge in [0.15, 0.2) is 0 Å². The first kappa shape index (κ1) is 18.7. The van der Waals surface area contributed by atoms with Gasteiger partial charge in [0.25, 0.3) is 0 Å². The summed E-state index contributed by atoms with van der Waals surface area (Å²) in [5, 5.41) is 0. The van der Waals surface area contributed by atoms with Crippen molar-refractivity contribution in [3.63, 3.8) is 0 Å². The molecule has 1 amide bonds. The fourth-order valence-electron chi connectivity index (χ4n) is 2.03. The Bertz CT molecular complexity index is 511. The van der Waals surface area contributed by atoms with Crippen molar-refractivity contribution in [2.75, 3.05) is 26.0 Å². The third kappa shape index (κ3) is 6.61. The van der Waals surface area contributed by atoms with Crippen LogP contribution in [-0.2, 0) is 24.3 Å². The molecule has 0 spiro atoms. The van der Waals surface area contributed by atoms with Crippen LogP contribution in [0.2, 0.25) is 0 Å². The second-order valence-corrected chi connectivity index (χ2v) is 8.00. The van der Waals surface area contributed by atoms with Crippen molar-refractivity contribution >= 4 is 22.1 Å². The van der Waals surface area contributed by atoms with Crippen molar-refractivity contribution < 1.29 is 27.5 Å². The van der Waals surface area contributed by atoms with E-state index in [4.69, 9.17) is 9.47 Å². The SMILES string of the molecule is CC(C)(C)OC(=O)N1CCC[C@H]1C(=O)OCCNS(C)(=O)=O. The number of amides is 1. The molecular formula is C13H24N2O6S. The van der Waals surface area contributed by atoms with Gasteiger partial charge in [-0.25, -0.2) is 22.7 Å². The van der Waals surface area contributed by atoms with E-state index in [9.17, 15) is 18.0 Å². The molecule has 8 nitrogen and oxygen atoms in total. The third-order valence-electron chi connectivity index (χ3n) is 2.86. The summed E-state index contributed by atoms with van der Waals surface area (Å²) in [4.78, 5) is 25.4. The fourth-order valence-corrected chi connectivity index (χ4v) is 2.48. The zero-order valence-electron chi connectivity index (χ0n) is 13.4. The van der Waals surface area contributed by atoms with Crippen LogP contribution in [0, 0.1) is 0 Å². The van der Waals surface area contributed by atoms with Gasteiger partial charge in [-0.05, 0) is 33.6 Å². The average molecular weight is 336 g/mol. The van der Waals surface area contributed by atoms with Gasteiger partial charge in [-0.2, -0.15) is 0 Å². The molecule has 1 aliphatic rings. The molecule has 1 atom stereocenters. The maximum atomic E-state index is 12.0. The molecule has 128 valence electrons. The van der Waals surface area contributed by atoms with Gasteiger partial charge in [0.1, 0.15) is 18.2 Å². The second kappa shape index (κ2) is 7.28. The number of likely N-dealkylation sites (tertiary alicyclic amines) is 1.